The number of aliphatic hydroxyl groups is 2. The molecule has 3 aromatic heterocycles. The minimum atomic E-state index is -2.21. The van der Waals surface area contributed by atoms with Gasteiger partial charge < -0.3 is 14.9 Å². The average molecular weight is 608 g/mol. The Morgan fingerprint density at radius 3 is 2.39 bits per heavy atom. The van der Waals surface area contributed by atoms with Crippen LogP contribution in [0.2, 0.25) is 0 Å². The van der Waals surface area contributed by atoms with Crippen molar-refractivity contribution < 1.29 is 24.1 Å². The Balaban J connectivity index is 0.00000462. The first-order chi connectivity index (χ1) is 18.8. The van der Waals surface area contributed by atoms with Crippen LogP contribution in [0.5, 0.6) is 5.75 Å². The maximum Gasteiger partial charge on any atom is 0.333 e. The third kappa shape index (κ3) is 5.61. The van der Waals surface area contributed by atoms with Crippen molar-refractivity contribution in [3.8, 4) is 10.8 Å². The Kier molecular flexibility index (Phi) is 9.33. The predicted molar refractivity (Wildman–Crippen MR) is 158 cm³/mol. The fourth-order valence-electron chi connectivity index (χ4n) is 4.75. The molecule has 11 nitrogen and oxygen atoms in total. The standard InChI is InChI=1S/C27H32FN5O6S.H2S/c1-15(2)11-20(35)26(4,5)32-22(36)21-16(3)23(33-29-9-10-30-33)40-24(21)31(25(32)37)13-27(38,14-34)18-12-17(28)7-8-19(18)39-6;/h7-10,12,15,34,38H,11,13-14H2,1-6H3;1H2/t27-;/m0./s1. The lowest BCUT2D eigenvalue weighted by atomic mass is 9.91. The minimum absolute atomic E-state index is 0. The zero-order chi connectivity index (χ0) is 29.6. The normalized spacial score (nSPS) is 13.3. The highest BCUT2D eigenvalue weighted by Gasteiger charge is 2.39. The van der Waals surface area contributed by atoms with Gasteiger partial charge in [-0.2, -0.15) is 23.7 Å². The molecule has 0 radical (unpaired) electrons. The second-order valence-corrected chi connectivity index (χ2v) is 11.6. The van der Waals surface area contributed by atoms with Crippen LogP contribution in [0.4, 0.5) is 4.39 Å². The SMILES string of the molecule is COc1ccc(F)cc1[C@@](O)(CO)Cn1c(=O)n(C(C)(C)C(=O)CC(C)C)c(=O)c2c(C)c(-n3nccn3)sc21.S. The van der Waals surface area contributed by atoms with E-state index in [4.69, 9.17) is 4.74 Å². The van der Waals surface area contributed by atoms with Gasteiger partial charge in [-0.05, 0) is 44.9 Å². The van der Waals surface area contributed by atoms with E-state index in [1.165, 1.54) is 44.2 Å². The first-order valence-electron chi connectivity index (χ1n) is 12.6. The van der Waals surface area contributed by atoms with Crippen molar-refractivity contribution in [2.45, 2.75) is 58.7 Å². The molecule has 4 aromatic rings. The number of carbonyl (C=O) groups is 1. The molecule has 0 saturated heterocycles. The Labute approximate surface area is 246 Å². The number of ether oxygens (including phenoxy) is 1. The number of hydrogen-bond donors (Lipinski definition) is 2. The smallest absolute Gasteiger partial charge is 0.333 e. The molecular weight excluding hydrogens is 573 g/mol. The number of rotatable bonds is 10. The Hall–Kier alpha value is -3.33. The maximum atomic E-state index is 14.3. The summed E-state index contributed by atoms with van der Waals surface area (Å²) >= 11 is 1.04. The largest absolute Gasteiger partial charge is 0.496 e. The lowest BCUT2D eigenvalue weighted by Crippen LogP contribution is -2.54. The number of benzene rings is 1. The van der Waals surface area contributed by atoms with E-state index < -0.39 is 41.4 Å². The molecule has 0 amide bonds. The highest BCUT2D eigenvalue weighted by molar-refractivity contribution is 7.59. The zero-order valence-electron chi connectivity index (χ0n) is 23.6. The number of aliphatic hydroxyl groups excluding tert-OH is 1. The van der Waals surface area contributed by atoms with Gasteiger partial charge >= 0.3 is 5.69 Å². The molecule has 0 aliphatic heterocycles. The Morgan fingerprint density at radius 1 is 1.20 bits per heavy atom. The van der Waals surface area contributed by atoms with Crippen molar-refractivity contribution in [2.75, 3.05) is 13.7 Å². The first kappa shape index (κ1) is 32.2. The van der Waals surface area contributed by atoms with Gasteiger partial charge in [-0.25, -0.2) is 13.8 Å². The fourth-order valence-corrected chi connectivity index (χ4v) is 5.96. The Morgan fingerprint density at radius 2 is 1.83 bits per heavy atom. The zero-order valence-corrected chi connectivity index (χ0v) is 25.5. The topological polar surface area (TPSA) is 141 Å². The highest BCUT2D eigenvalue weighted by Crippen LogP contribution is 2.35. The quantitative estimate of drug-likeness (QED) is 0.280. The number of thiophene rings is 1. The summed E-state index contributed by atoms with van der Waals surface area (Å²) in [6, 6.07) is 3.46. The molecule has 41 heavy (non-hydrogen) atoms. The van der Waals surface area contributed by atoms with Crippen LogP contribution in [-0.2, 0) is 22.5 Å². The van der Waals surface area contributed by atoms with Gasteiger partial charge in [-0.1, -0.05) is 25.2 Å². The molecule has 0 spiro atoms. The van der Waals surface area contributed by atoms with Crippen LogP contribution in [0, 0.1) is 18.7 Å². The number of hydrogen-bond acceptors (Lipinski definition) is 9. The van der Waals surface area contributed by atoms with E-state index in [0.717, 1.165) is 32.6 Å². The minimum Gasteiger partial charge on any atom is -0.496 e. The van der Waals surface area contributed by atoms with Crippen molar-refractivity contribution in [1.82, 2.24) is 24.1 Å². The number of fused-ring (bicyclic) bond motifs is 1. The number of nitrogens with zero attached hydrogens (tertiary/aromatic N) is 5. The van der Waals surface area contributed by atoms with Gasteiger partial charge in [-0.15, -0.1) is 4.80 Å². The van der Waals surface area contributed by atoms with Crippen LogP contribution >= 0.6 is 24.8 Å². The molecule has 222 valence electrons. The van der Waals surface area contributed by atoms with E-state index >= 15 is 0 Å². The molecule has 14 heteroatoms. The number of methoxy groups -OCH3 is 1. The average Bonchev–Trinajstić information content (AvgIpc) is 3.54. The van der Waals surface area contributed by atoms with Crippen molar-refractivity contribution in [3.05, 3.63) is 68.4 Å². The van der Waals surface area contributed by atoms with Gasteiger partial charge in [0.1, 0.15) is 32.5 Å². The molecular formula is C27H34FN5O6S2. The van der Waals surface area contributed by atoms with Crippen molar-refractivity contribution in [3.63, 3.8) is 0 Å². The number of carbonyl (C=O) groups excluding carboxylic acids is 1. The number of Topliss-reactive ketones (excluding diaryl/α,β-unsaturated/α-hetero) is 1. The predicted octanol–water partition coefficient (Wildman–Crippen LogP) is 2.60. The summed E-state index contributed by atoms with van der Waals surface area (Å²) in [6.45, 7) is 6.91. The summed E-state index contributed by atoms with van der Waals surface area (Å²) in [7, 11) is 1.33. The monoisotopic (exact) mass is 607 g/mol. The van der Waals surface area contributed by atoms with E-state index in [0.29, 0.717) is 10.6 Å². The second-order valence-electron chi connectivity index (χ2n) is 10.7. The van der Waals surface area contributed by atoms with Gasteiger partial charge in [0, 0.05) is 17.5 Å². The van der Waals surface area contributed by atoms with Gasteiger partial charge in [0.25, 0.3) is 5.56 Å². The van der Waals surface area contributed by atoms with Gasteiger partial charge in [0.15, 0.2) is 5.78 Å². The van der Waals surface area contributed by atoms with Gasteiger partial charge in [0.05, 0.1) is 38.0 Å². The molecule has 2 N–H and O–H groups in total. The fraction of sp³-hybridized carbons (Fsp3) is 0.444. The third-order valence-corrected chi connectivity index (χ3v) is 8.25. The molecule has 0 saturated carbocycles. The molecule has 0 aliphatic rings. The van der Waals surface area contributed by atoms with Gasteiger partial charge in [0.2, 0.25) is 0 Å². The van der Waals surface area contributed by atoms with E-state index in [2.05, 4.69) is 10.2 Å². The molecule has 1 atom stereocenters. The summed E-state index contributed by atoms with van der Waals surface area (Å²) in [4.78, 5) is 42.9. The van der Waals surface area contributed by atoms with Crippen LogP contribution in [0.15, 0.2) is 40.2 Å². The van der Waals surface area contributed by atoms with Crippen LogP contribution in [0.25, 0.3) is 15.2 Å². The molecule has 4 rings (SSSR count). The lowest BCUT2D eigenvalue weighted by Gasteiger charge is -2.31. The molecule has 0 bridgehead atoms. The second kappa shape index (κ2) is 11.9. The number of halogens is 1. The number of aryl methyl sites for hydroxylation is 1. The molecule has 0 unspecified atom stereocenters. The molecule has 3 heterocycles. The number of ketones is 1. The summed E-state index contributed by atoms with van der Waals surface area (Å²) in [5.74, 6) is -0.941. The summed E-state index contributed by atoms with van der Waals surface area (Å²) < 4.78 is 21.6. The van der Waals surface area contributed by atoms with E-state index in [-0.39, 0.29) is 53.1 Å². The summed E-state index contributed by atoms with van der Waals surface area (Å²) in [5.41, 5.74) is -4.93. The van der Waals surface area contributed by atoms with E-state index in [1.54, 1.807) is 6.92 Å². The summed E-state index contributed by atoms with van der Waals surface area (Å²) in [6.07, 6.45) is 3.05. The Bertz CT molecular complexity index is 1690. The van der Waals surface area contributed by atoms with Crippen LogP contribution in [0.3, 0.4) is 0 Å². The maximum absolute atomic E-state index is 14.3. The highest BCUT2D eigenvalue weighted by atomic mass is 32.1. The first-order valence-corrected chi connectivity index (χ1v) is 13.4. The van der Waals surface area contributed by atoms with Crippen molar-refractivity contribution >= 4 is 40.8 Å². The molecule has 1 aromatic carbocycles. The van der Waals surface area contributed by atoms with Crippen LogP contribution < -0.4 is 16.0 Å². The lowest BCUT2D eigenvalue weighted by molar-refractivity contribution is -0.127. The van der Waals surface area contributed by atoms with Crippen LogP contribution in [0.1, 0.15) is 45.2 Å². The molecule has 0 fully saturated rings. The van der Waals surface area contributed by atoms with Gasteiger partial charge in [-0.3, -0.25) is 14.2 Å². The van der Waals surface area contributed by atoms with Crippen molar-refractivity contribution in [2.24, 2.45) is 5.92 Å². The number of aromatic nitrogens is 5. The molecule has 0 aliphatic carbocycles. The van der Waals surface area contributed by atoms with E-state index in [1.807, 2.05) is 13.8 Å². The van der Waals surface area contributed by atoms with Crippen molar-refractivity contribution in [1.29, 1.82) is 0 Å². The van der Waals surface area contributed by atoms with Crippen LogP contribution in [-0.4, -0.2) is 53.8 Å². The third-order valence-electron chi connectivity index (χ3n) is 6.97. The summed E-state index contributed by atoms with van der Waals surface area (Å²) in [5, 5.41) is 30.9. The van der Waals surface area contributed by atoms with E-state index in [9.17, 15) is 29.0 Å².